The average Bonchev–Trinajstić information content (AvgIpc) is 1.97. The van der Waals surface area contributed by atoms with E-state index in [9.17, 15) is 9.59 Å². The molecule has 4 nitrogen and oxygen atoms in total. The van der Waals surface area contributed by atoms with Crippen LogP contribution in [-0.2, 0) is 13.4 Å². The van der Waals surface area contributed by atoms with Gasteiger partial charge in [0.25, 0.3) is 0 Å². The van der Waals surface area contributed by atoms with Crippen molar-refractivity contribution in [3.05, 3.63) is 0 Å². The molecule has 0 aliphatic carbocycles. The van der Waals surface area contributed by atoms with Crippen molar-refractivity contribution in [2.75, 3.05) is 0 Å². The van der Waals surface area contributed by atoms with Gasteiger partial charge >= 0.3 is 5.97 Å². The second-order valence-corrected chi connectivity index (χ2v) is 2.33. The molecule has 0 aliphatic heterocycles. The van der Waals surface area contributed by atoms with Crippen LogP contribution in [0, 0.1) is 0 Å². The first kappa shape index (κ1) is 10.5. The number of carboxylic acids is 1. The minimum absolute atomic E-state index is 0.115. The third kappa shape index (κ3) is 7.37. The summed E-state index contributed by atoms with van der Waals surface area (Å²) in [6.45, 7) is 0. The predicted octanol–water partition coefficient (Wildman–Crippen LogP) is 0.258. The van der Waals surface area contributed by atoms with E-state index in [0.29, 0.717) is 12.8 Å². The van der Waals surface area contributed by atoms with E-state index in [1.807, 2.05) is 16.6 Å². The molecule has 0 aromatic rings. The maximum absolute atomic E-state index is 10.5. The number of unbranched alkanes of at least 4 members (excludes halogenated alkanes) is 1. The van der Waals surface area contributed by atoms with Crippen molar-refractivity contribution < 1.29 is 18.5 Å². The Kier molecular flexibility index (Phi) is 5.90. The Balaban J connectivity index is 3.14. The van der Waals surface area contributed by atoms with Crippen molar-refractivity contribution in [1.82, 2.24) is 0 Å². The van der Waals surface area contributed by atoms with E-state index in [4.69, 9.17) is 5.11 Å². The van der Waals surface area contributed by atoms with Gasteiger partial charge in [0.2, 0.25) is 5.97 Å². The van der Waals surface area contributed by atoms with Crippen LogP contribution in [0.1, 0.15) is 25.7 Å². The molecule has 0 fully saturated rings. The zero-order chi connectivity index (χ0) is 8.69. The molecule has 0 heterocycles. The summed E-state index contributed by atoms with van der Waals surface area (Å²) in [6.07, 6.45) is 1.50. The lowest BCUT2D eigenvalue weighted by molar-refractivity contribution is -0.138. The van der Waals surface area contributed by atoms with Crippen molar-refractivity contribution >= 4 is 28.6 Å². The zero-order valence-corrected chi connectivity index (χ0v) is 7.23. The summed E-state index contributed by atoms with van der Waals surface area (Å²) in [4.78, 5) is 20.5. The van der Waals surface area contributed by atoms with Gasteiger partial charge in [0.1, 0.15) is 0 Å². The summed E-state index contributed by atoms with van der Waals surface area (Å²) in [7, 11) is 0. The van der Waals surface area contributed by atoms with Crippen LogP contribution < -0.4 is 0 Å². The molecule has 3 radical (unpaired) electrons. The standard InChI is InChI=1S/C6H10O4.Al/c7-5(8)3-1-2-4-6(9)10;/h1-4H2,(H,7,8)(H,9,10);/p-1. The van der Waals surface area contributed by atoms with Crippen molar-refractivity contribution in [3.8, 4) is 0 Å². The highest BCUT2D eigenvalue weighted by atomic mass is 27.1. The minimum Gasteiger partial charge on any atom is -0.855 e. The van der Waals surface area contributed by atoms with Crippen LogP contribution in [0.2, 0.25) is 0 Å². The summed E-state index contributed by atoms with van der Waals surface area (Å²) in [5.74, 6) is -1.15. The van der Waals surface area contributed by atoms with Crippen LogP contribution in [0.4, 0.5) is 0 Å². The first-order chi connectivity index (χ1) is 5.16. The molecule has 0 saturated heterocycles. The molecule has 0 saturated carbocycles. The second-order valence-electron chi connectivity index (χ2n) is 2.09. The highest BCUT2D eigenvalue weighted by Crippen LogP contribution is 2.00. The fourth-order valence-electron chi connectivity index (χ4n) is 0.604. The van der Waals surface area contributed by atoms with Crippen molar-refractivity contribution in [1.29, 1.82) is 0 Å². The Hall–Kier alpha value is -0.528. The lowest BCUT2D eigenvalue weighted by Gasteiger charge is -2.12. The van der Waals surface area contributed by atoms with Crippen LogP contribution in [-0.4, -0.2) is 33.7 Å². The van der Waals surface area contributed by atoms with E-state index in [0.717, 1.165) is 0 Å². The van der Waals surface area contributed by atoms with Crippen LogP contribution >= 0.6 is 0 Å². The molecule has 0 rings (SSSR count). The minimum atomic E-state index is -0.829. The third-order valence-electron chi connectivity index (χ3n) is 1.15. The quantitative estimate of drug-likeness (QED) is 0.477. The Labute approximate surface area is 73.3 Å². The Morgan fingerprint density at radius 1 is 1.27 bits per heavy atom. The average molecular weight is 172 g/mol. The number of hydrogen-bond acceptors (Lipinski definition) is 3. The van der Waals surface area contributed by atoms with Gasteiger partial charge < -0.3 is 8.90 Å². The van der Waals surface area contributed by atoms with Crippen molar-refractivity contribution in [3.63, 3.8) is 0 Å². The van der Waals surface area contributed by atoms with Gasteiger partial charge in [-0.2, -0.15) is 0 Å². The number of carbonyl (C=O) groups excluding carboxylic acids is 1. The fraction of sp³-hybridized carbons (Fsp3) is 0.667. The Morgan fingerprint density at radius 2 is 1.82 bits per heavy atom. The van der Waals surface area contributed by atoms with Crippen molar-refractivity contribution in [2.45, 2.75) is 25.7 Å². The molecular weight excluding hydrogens is 163 g/mol. The summed E-state index contributed by atoms with van der Waals surface area (Å²) in [5, 5.41) is 8.22. The van der Waals surface area contributed by atoms with Crippen LogP contribution in [0.3, 0.4) is 0 Å². The number of aliphatic carboxylic acids is 1. The maximum Gasteiger partial charge on any atom is 0.303 e. The van der Waals surface area contributed by atoms with Gasteiger partial charge in [0.15, 0.2) is 0 Å². The molecule has 1 N–H and O–H groups in total. The van der Waals surface area contributed by atoms with Gasteiger partial charge in [-0.25, -0.2) is 16.6 Å². The summed E-state index contributed by atoms with van der Waals surface area (Å²) >= 11 is 1.86. The topological polar surface area (TPSA) is 63.6 Å². The lowest BCUT2D eigenvalue weighted by atomic mass is 10.2. The molecule has 0 aromatic carbocycles. The Morgan fingerprint density at radius 3 is 2.27 bits per heavy atom. The number of carboxylic acid groups (broad SMARTS) is 1. The maximum atomic E-state index is 10.5. The van der Waals surface area contributed by atoms with E-state index in [2.05, 4.69) is 3.79 Å². The zero-order valence-electron chi connectivity index (χ0n) is 6.08. The first-order valence-electron chi connectivity index (χ1n) is 3.28. The molecule has 0 unspecified atom stereocenters. The molecule has 0 aliphatic rings. The molecule has 5 heteroatoms. The Bertz CT molecular complexity index is 146. The van der Waals surface area contributed by atoms with Gasteiger partial charge in [0.05, 0.1) is 0 Å². The highest BCUT2D eigenvalue weighted by Gasteiger charge is 1.98. The van der Waals surface area contributed by atoms with Gasteiger partial charge in [-0.15, -0.1) is 0 Å². The van der Waals surface area contributed by atoms with Gasteiger partial charge in [0, 0.05) is 12.8 Å². The molecule has 0 atom stereocenters. The number of rotatable bonds is 5. The van der Waals surface area contributed by atoms with Crippen LogP contribution in [0.5, 0.6) is 0 Å². The van der Waals surface area contributed by atoms with Crippen molar-refractivity contribution in [2.24, 2.45) is 0 Å². The van der Waals surface area contributed by atoms with Gasteiger partial charge in [-0.3, -0.25) is 9.59 Å². The third-order valence-corrected chi connectivity index (χ3v) is 1.42. The smallest absolute Gasteiger partial charge is 0.303 e. The fourth-order valence-corrected chi connectivity index (χ4v) is 0.722. The normalized spacial score (nSPS) is 9.18. The van der Waals surface area contributed by atoms with E-state index in [1.54, 1.807) is 0 Å². The predicted molar refractivity (Wildman–Crippen MR) is 37.9 cm³/mol. The number of carbonyl (C=O) groups is 2. The van der Waals surface area contributed by atoms with E-state index in [-0.39, 0.29) is 18.8 Å². The molecule has 0 bridgehead atoms. The lowest BCUT2D eigenvalue weighted by Crippen LogP contribution is -2.01. The summed E-state index contributed by atoms with van der Waals surface area (Å²) in [5.41, 5.74) is 0. The van der Waals surface area contributed by atoms with Crippen LogP contribution in [0.15, 0.2) is 0 Å². The monoisotopic (exact) mass is 172 g/mol. The highest BCUT2D eigenvalue weighted by molar-refractivity contribution is 6.05. The van der Waals surface area contributed by atoms with E-state index >= 15 is 0 Å². The number of hydrogen-bond donors (Lipinski definition) is 1. The van der Waals surface area contributed by atoms with E-state index in [1.165, 1.54) is 0 Å². The van der Waals surface area contributed by atoms with Gasteiger partial charge in [-0.05, 0) is 12.8 Å². The second kappa shape index (κ2) is 6.20. The molecule has 0 amide bonds. The SMILES string of the molecule is O=C(O)CCCCC(=O)[O][Al-]. The molecular formula is C6H9AlO4-. The van der Waals surface area contributed by atoms with E-state index < -0.39 is 5.97 Å². The first-order valence-corrected chi connectivity index (χ1v) is 3.75. The summed E-state index contributed by atoms with van der Waals surface area (Å²) in [6, 6.07) is 0. The largest absolute Gasteiger partial charge is 0.855 e. The molecule has 61 valence electrons. The summed E-state index contributed by atoms with van der Waals surface area (Å²) < 4.78 is 4.29. The van der Waals surface area contributed by atoms with Crippen LogP contribution in [0.25, 0.3) is 0 Å². The molecule has 11 heavy (non-hydrogen) atoms. The molecule has 0 spiro atoms. The molecule has 0 aromatic heterocycles. The van der Waals surface area contributed by atoms with Gasteiger partial charge in [-0.1, -0.05) is 0 Å².